The summed E-state index contributed by atoms with van der Waals surface area (Å²) in [5.41, 5.74) is 0. The number of rotatable bonds is 3. The molecule has 0 fully saturated rings. The van der Waals surface area contributed by atoms with E-state index < -0.39 is 10.0 Å². The second-order valence-corrected chi connectivity index (χ2v) is 8.19. The van der Waals surface area contributed by atoms with Crippen LogP contribution in [0.4, 0.5) is 5.82 Å². The third-order valence-corrected chi connectivity index (χ3v) is 5.68. The molecule has 2 heterocycles. The first-order chi connectivity index (χ1) is 7.97. The number of pyridine rings is 1. The van der Waals surface area contributed by atoms with Gasteiger partial charge in [-0.2, -0.15) is 0 Å². The van der Waals surface area contributed by atoms with Gasteiger partial charge in [-0.3, -0.25) is 4.72 Å². The summed E-state index contributed by atoms with van der Waals surface area (Å²) >= 11 is 7.55. The molecule has 0 saturated carbocycles. The number of anilines is 1. The number of thiophene rings is 1. The Hall–Kier alpha value is -0.440. The highest BCUT2D eigenvalue weighted by Gasteiger charge is 2.17. The number of hydrogen-bond acceptors (Lipinski definition) is 4. The van der Waals surface area contributed by atoms with Gasteiger partial charge in [-0.25, -0.2) is 13.4 Å². The van der Waals surface area contributed by atoms with Crippen LogP contribution in [0.2, 0.25) is 0 Å². The minimum atomic E-state index is -3.55. The van der Waals surface area contributed by atoms with Gasteiger partial charge in [0.1, 0.15) is 14.6 Å². The van der Waals surface area contributed by atoms with Crippen LogP contribution in [0, 0.1) is 0 Å². The van der Waals surface area contributed by atoms with Crippen molar-refractivity contribution in [2.75, 3.05) is 4.72 Å². The van der Waals surface area contributed by atoms with Crippen LogP contribution < -0.4 is 4.72 Å². The SMILES string of the molecule is O=S(=O)(Nc1cccc(Br)n1)c1ccc(Br)s1. The summed E-state index contributed by atoms with van der Waals surface area (Å²) in [6, 6.07) is 8.24. The van der Waals surface area contributed by atoms with Gasteiger partial charge >= 0.3 is 0 Å². The van der Waals surface area contributed by atoms with Crippen LogP contribution in [0.5, 0.6) is 0 Å². The smallest absolute Gasteiger partial charge is 0.263 e. The van der Waals surface area contributed by atoms with Gasteiger partial charge in [0, 0.05) is 0 Å². The first-order valence-corrected chi connectivity index (χ1v) is 8.27. The number of sulfonamides is 1. The highest BCUT2D eigenvalue weighted by molar-refractivity contribution is 9.11. The minimum Gasteiger partial charge on any atom is -0.263 e. The van der Waals surface area contributed by atoms with E-state index in [1.54, 1.807) is 24.3 Å². The van der Waals surface area contributed by atoms with Crippen LogP contribution >= 0.6 is 43.2 Å². The standard InChI is InChI=1S/C9H6Br2N2O2S2/c10-6-2-1-3-8(12-6)13-17(14,15)9-5-4-7(11)16-9/h1-5H,(H,12,13). The maximum atomic E-state index is 11.9. The molecule has 0 aliphatic carbocycles. The van der Waals surface area contributed by atoms with Gasteiger partial charge < -0.3 is 0 Å². The molecule has 2 rings (SSSR count). The molecule has 0 amide bonds. The van der Waals surface area contributed by atoms with Crippen molar-refractivity contribution in [1.29, 1.82) is 0 Å². The Morgan fingerprint density at radius 2 is 1.94 bits per heavy atom. The van der Waals surface area contributed by atoms with E-state index in [1.165, 1.54) is 6.07 Å². The molecule has 0 aromatic carbocycles. The fraction of sp³-hybridized carbons (Fsp3) is 0. The van der Waals surface area contributed by atoms with Crippen molar-refractivity contribution in [2.24, 2.45) is 0 Å². The van der Waals surface area contributed by atoms with Crippen molar-refractivity contribution < 1.29 is 8.42 Å². The molecule has 0 saturated heterocycles. The van der Waals surface area contributed by atoms with Crippen molar-refractivity contribution in [3.05, 3.63) is 38.7 Å². The fourth-order valence-corrected chi connectivity index (χ4v) is 4.45. The van der Waals surface area contributed by atoms with Crippen LogP contribution in [-0.4, -0.2) is 13.4 Å². The third kappa shape index (κ3) is 3.27. The van der Waals surface area contributed by atoms with E-state index in [-0.39, 0.29) is 10.0 Å². The number of hydrogen-bond donors (Lipinski definition) is 1. The molecule has 4 nitrogen and oxygen atoms in total. The van der Waals surface area contributed by atoms with E-state index in [0.29, 0.717) is 4.60 Å². The van der Waals surface area contributed by atoms with Gasteiger partial charge in [0.05, 0.1) is 3.79 Å². The first kappa shape index (κ1) is 13.0. The average Bonchev–Trinajstić information content (AvgIpc) is 2.65. The predicted octanol–water partition coefficient (Wildman–Crippen LogP) is 3.47. The fourth-order valence-electron chi connectivity index (χ4n) is 1.10. The second-order valence-electron chi connectivity index (χ2n) is 3.01. The average molecular weight is 398 g/mol. The Morgan fingerprint density at radius 1 is 1.18 bits per heavy atom. The van der Waals surface area contributed by atoms with Gasteiger partial charge in [-0.1, -0.05) is 6.07 Å². The Morgan fingerprint density at radius 3 is 2.53 bits per heavy atom. The quantitative estimate of drug-likeness (QED) is 0.806. The maximum Gasteiger partial charge on any atom is 0.272 e. The van der Waals surface area contributed by atoms with Gasteiger partial charge in [-0.15, -0.1) is 11.3 Å². The summed E-state index contributed by atoms with van der Waals surface area (Å²) < 4.78 is 27.9. The summed E-state index contributed by atoms with van der Waals surface area (Å²) in [7, 11) is -3.55. The minimum absolute atomic E-state index is 0.242. The highest BCUT2D eigenvalue weighted by Crippen LogP contribution is 2.27. The second kappa shape index (κ2) is 5.05. The predicted molar refractivity (Wildman–Crippen MR) is 74.8 cm³/mol. The van der Waals surface area contributed by atoms with Crippen molar-refractivity contribution in [1.82, 2.24) is 4.98 Å². The van der Waals surface area contributed by atoms with E-state index in [9.17, 15) is 8.42 Å². The number of nitrogens with zero attached hydrogens (tertiary/aromatic N) is 1. The molecule has 0 bridgehead atoms. The Balaban J connectivity index is 2.29. The number of nitrogens with one attached hydrogen (secondary N) is 1. The Bertz CT molecular complexity index is 640. The molecule has 0 aliphatic heterocycles. The van der Waals surface area contributed by atoms with E-state index in [4.69, 9.17) is 0 Å². The molecule has 2 aromatic rings. The molecule has 17 heavy (non-hydrogen) atoms. The van der Waals surface area contributed by atoms with Crippen LogP contribution in [-0.2, 0) is 10.0 Å². The van der Waals surface area contributed by atoms with Gasteiger partial charge in [0.25, 0.3) is 10.0 Å². The van der Waals surface area contributed by atoms with Gasteiger partial charge in [0.2, 0.25) is 0 Å². The molecular formula is C9H6Br2N2O2S2. The summed E-state index contributed by atoms with van der Waals surface area (Å²) in [6.07, 6.45) is 0. The highest BCUT2D eigenvalue weighted by atomic mass is 79.9. The zero-order valence-corrected chi connectivity index (χ0v) is 13.0. The maximum absolute atomic E-state index is 11.9. The molecule has 0 radical (unpaired) electrons. The van der Waals surface area contributed by atoms with Crippen LogP contribution in [0.15, 0.2) is 42.9 Å². The monoisotopic (exact) mass is 396 g/mol. The van der Waals surface area contributed by atoms with Crippen molar-refractivity contribution >= 4 is 59.0 Å². The lowest BCUT2D eigenvalue weighted by Gasteiger charge is -2.04. The van der Waals surface area contributed by atoms with Crippen LogP contribution in [0.25, 0.3) is 0 Å². The molecular weight excluding hydrogens is 392 g/mol. The molecule has 1 N–H and O–H groups in total. The molecule has 2 aromatic heterocycles. The van der Waals surface area contributed by atoms with Crippen LogP contribution in [0.1, 0.15) is 0 Å². The van der Waals surface area contributed by atoms with Crippen LogP contribution in [0.3, 0.4) is 0 Å². The van der Waals surface area contributed by atoms with E-state index >= 15 is 0 Å². The summed E-state index contributed by atoms with van der Waals surface area (Å²) in [6.45, 7) is 0. The first-order valence-electron chi connectivity index (χ1n) is 4.38. The summed E-state index contributed by atoms with van der Waals surface area (Å²) in [5, 5.41) is 0. The molecule has 0 aliphatic rings. The zero-order valence-electron chi connectivity index (χ0n) is 8.22. The number of aromatic nitrogens is 1. The number of halogens is 2. The topological polar surface area (TPSA) is 59.1 Å². The normalized spacial score (nSPS) is 11.4. The lowest BCUT2D eigenvalue weighted by molar-refractivity contribution is 0.603. The van der Waals surface area contributed by atoms with Crippen molar-refractivity contribution in [3.8, 4) is 0 Å². The molecule has 0 atom stereocenters. The van der Waals surface area contributed by atoms with E-state index in [2.05, 4.69) is 41.6 Å². The molecule has 0 spiro atoms. The van der Waals surface area contributed by atoms with Crippen molar-refractivity contribution in [2.45, 2.75) is 4.21 Å². The Labute approximate surface area is 119 Å². The van der Waals surface area contributed by atoms with E-state index in [0.717, 1.165) is 15.1 Å². The third-order valence-electron chi connectivity index (χ3n) is 1.77. The zero-order chi connectivity index (χ0) is 12.5. The summed E-state index contributed by atoms with van der Waals surface area (Å²) in [4.78, 5) is 4.01. The van der Waals surface area contributed by atoms with E-state index in [1.807, 2.05) is 0 Å². The molecule has 8 heteroatoms. The molecule has 90 valence electrons. The molecule has 0 unspecified atom stereocenters. The van der Waals surface area contributed by atoms with Crippen molar-refractivity contribution in [3.63, 3.8) is 0 Å². The van der Waals surface area contributed by atoms with Gasteiger partial charge in [0.15, 0.2) is 0 Å². The Kier molecular flexibility index (Phi) is 3.86. The lowest BCUT2D eigenvalue weighted by Crippen LogP contribution is -2.12. The largest absolute Gasteiger partial charge is 0.272 e. The van der Waals surface area contributed by atoms with Gasteiger partial charge in [-0.05, 0) is 56.1 Å². The summed E-state index contributed by atoms with van der Waals surface area (Å²) in [5.74, 6) is 0.281. The lowest BCUT2D eigenvalue weighted by atomic mass is 10.5.